The Bertz CT molecular complexity index is 956. The molecule has 0 saturated heterocycles. The van der Waals surface area contributed by atoms with E-state index in [1.54, 1.807) is 0 Å². The molecule has 1 N–H and O–H groups in total. The first-order chi connectivity index (χ1) is 15.2. The van der Waals surface area contributed by atoms with Gasteiger partial charge in [-0.3, -0.25) is 14.6 Å². The molecular formula is C25H28F3NO3. The third kappa shape index (κ3) is 6.90. The lowest BCUT2D eigenvalue weighted by Crippen LogP contribution is -2.13. The van der Waals surface area contributed by atoms with Crippen LogP contribution in [0.2, 0.25) is 0 Å². The fraction of sp³-hybridized carbons (Fsp3) is 0.480. The molecule has 3 rings (SSSR count). The molecule has 0 radical (unpaired) electrons. The molecule has 0 spiro atoms. The average molecular weight is 447 g/mol. The maximum atomic E-state index is 13.0. The molecule has 32 heavy (non-hydrogen) atoms. The van der Waals surface area contributed by atoms with Crippen LogP contribution in [0.3, 0.4) is 0 Å². The number of carbonyl (C=O) groups is 2. The van der Waals surface area contributed by atoms with Gasteiger partial charge in [0.1, 0.15) is 5.78 Å². The number of nitrogens with zero attached hydrogens (tertiary/aromatic N) is 1. The van der Waals surface area contributed by atoms with Gasteiger partial charge in [-0.15, -0.1) is 0 Å². The minimum atomic E-state index is -4.52. The number of halogens is 3. The normalized spacial score (nSPS) is 14.6. The monoisotopic (exact) mass is 447 g/mol. The van der Waals surface area contributed by atoms with Crippen LogP contribution in [-0.4, -0.2) is 21.8 Å². The number of alkyl halides is 3. The van der Waals surface area contributed by atoms with Gasteiger partial charge in [0.15, 0.2) is 0 Å². The van der Waals surface area contributed by atoms with E-state index in [-0.39, 0.29) is 30.6 Å². The maximum Gasteiger partial charge on any atom is 0.416 e. The van der Waals surface area contributed by atoms with Crippen LogP contribution in [-0.2, 0) is 35.0 Å². The highest BCUT2D eigenvalue weighted by molar-refractivity contribution is 5.80. The molecule has 0 amide bonds. The van der Waals surface area contributed by atoms with E-state index in [0.717, 1.165) is 43.5 Å². The average Bonchev–Trinajstić information content (AvgIpc) is 2.75. The van der Waals surface area contributed by atoms with Gasteiger partial charge in [-0.1, -0.05) is 24.3 Å². The van der Waals surface area contributed by atoms with Gasteiger partial charge < -0.3 is 5.11 Å². The van der Waals surface area contributed by atoms with E-state index in [1.807, 2.05) is 6.07 Å². The second-order valence-electron chi connectivity index (χ2n) is 8.48. The van der Waals surface area contributed by atoms with Crippen molar-refractivity contribution in [3.63, 3.8) is 0 Å². The van der Waals surface area contributed by atoms with E-state index >= 15 is 0 Å². The number of Topliss-reactive ketones (excluding diaryl/α,β-unsaturated/α-hetero) is 1. The zero-order valence-electron chi connectivity index (χ0n) is 18.0. The van der Waals surface area contributed by atoms with Crippen LogP contribution in [0.4, 0.5) is 13.2 Å². The number of ketones is 1. The number of rotatable bonds is 10. The van der Waals surface area contributed by atoms with E-state index in [0.29, 0.717) is 6.42 Å². The molecule has 172 valence electrons. The fourth-order valence-corrected chi connectivity index (χ4v) is 4.26. The van der Waals surface area contributed by atoms with Crippen LogP contribution in [0.25, 0.3) is 0 Å². The number of aliphatic carboxylic acids is 1. The first-order valence-corrected chi connectivity index (χ1v) is 11.1. The smallest absolute Gasteiger partial charge is 0.416 e. The number of hydrogen-bond donors (Lipinski definition) is 1. The number of aromatic nitrogens is 1. The SMILES string of the molecule is O=C(O)CC(CC(=O)CCCCc1ccc2c(n1)CCCC2)c1cccc(C(F)(F)F)c1. The van der Waals surface area contributed by atoms with Gasteiger partial charge in [0.25, 0.3) is 0 Å². The number of carbonyl (C=O) groups excluding carboxylic acids is 1. The lowest BCUT2D eigenvalue weighted by atomic mass is 9.88. The van der Waals surface area contributed by atoms with Gasteiger partial charge in [-0.2, -0.15) is 13.2 Å². The molecule has 4 nitrogen and oxygen atoms in total. The Morgan fingerprint density at radius 1 is 1.03 bits per heavy atom. The second kappa shape index (κ2) is 10.7. The van der Waals surface area contributed by atoms with Crippen molar-refractivity contribution in [2.24, 2.45) is 0 Å². The third-order valence-corrected chi connectivity index (χ3v) is 5.95. The largest absolute Gasteiger partial charge is 0.481 e. The minimum absolute atomic E-state index is 0.0787. The van der Waals surface area contributed by atoms with Crippen LogP contribution < -0.4 is 0 Å². The van der Waals surface area contributed by atoms with Gasteiger partial charge in [0.2, 0.25) is 0 Å². The number of pyridine rings is 1. The third-order valence-electron chi connectivity index (χ3n) is 5.95. The summed E-state index contributed by atoms with van der Waals surface area (Å²) in [6.45, 7) is 0. The summed E-state index contributed by atoms with van der Waals surface area (Å²) < 4.78 is 39.0. The molecule has 1 aromatic carbocycles. The van der Waals surface area contributed by atoms with Crippen molar-refractivity contribution in [1.29, 1.82) is 0 Å². The van der Waals surface area contributed by atoms with E-state index < -0.39 is 23.6 Å². The minimum Gasteiger partial charge on any atom is -0.481 e. The Balaban J connectivity index is 1.53. The van der Waals surface area contributed by atoms with Gasteiger partial charge in [-0.05, 0) is 68.2 Å². The van der Waals surface area contributed by atoms with Gasteiger partial charge in [0, 0.05) is 30.1 Å². The Labute approximate surface area is 185 Å². The van der Waals surface area contributed by atoms with Gasteiger partial charge in [0.05, 0.1) is 12.0 Å². The van der Waals surface area contributed by atoms with Crippen molar-refractivity contribution < 1.29 is 27.9 Å². The van der Waals surface area contributed by atoms with Crippen molar-refractivity contribution in [1.82, 2.24) is 4.98 Å². The summed E-state index contributed by atoms with van der Waals surface area (Å²) in [4.78, 5) is 28.4. The van der Waals surface area contributed by atoms with E-state index in [1.165, 1.54) is 36.2 Å². The zero-order valence-corrected chi connectivity index (χ0v) is 18.0. The molecule has 0 saturated carbocycles. The molecule has 7 heteroatoms. The molecule has 0 bridgehead atoms. The number of benzene rings is 1. The summed E-state index contributed by atoms with van der Waals surface area (Å²) in [6, 6.07) is 8.79. The second-order valence-corrected chi connectivity index (χ2v) is 8.48. The number of aryl methyl sites for hydroxylation is 3. The Morgan fingerprint density at radius 3 is 2.56 bits per heavy atom. The number of hydrogen-bond acceptors (Lipinski definition) is 3. The number of fused-ring (bicyclic) bond motifs is 1. The highest BCUT2D eigenvalue weighted by Crippen LogP contribution is 2.33. The standard InChI is InChI=1S/C25H28F3NO3/c26-25(27,28)20-8-5-7-18(14-20)19(16-24(31)32)15-22(30)10-3-2-9-21-13-12-17-6-1-4-11-23(17)29-21/h5,7-8,12-14,19H,1-4,6,9-11,15-16H2,(H,31,32). The number of unbranched alkanes of at least 4 members (excludes halogenated alkanes) is 1. The molecule has 2 aromatic rings. The highest BCUT2D eigenvalue weighted by atomic mass is 19.4. The molecule has 1 aromatic heterocycles. The summed E-state index contributed by atoms with van der Waals surface area (Å²) in [5, 5.41) is 9.17. The van der Waals surface area contributed by atoms with Crippen LogP contribution in [0.5, 0.6) is 0 Å². The molecular weight excluding hydrogens is 419 g/mol. The summed E-state index contributed by atoms with van der Waals surface area (Å²) in [5.41, 5.74) is 2.92. The molecule has 1 aliphatic rings. The lowest BCUT2D eigenvalue weighted by molar-refractivity contribution is -0.138. The van der Waals surface area contributed by atoms with Crippen molar-refractivity contribution in [3.05, 3.63) is 64.5 Å². The fourth-order valence-electron chi connectivity index (χ4n) is 4.26. The molecule has 1 unspecified atom stereocenters. The number of carboxylic acid groups (broad SMARTS) is 1. The Kier molecular flexibility index (Phi) is 8.04. The molecule has 1 aliphatic carbocycles. The van der Waals surface area contributed by atoms with Crippen LogP contribution in [0.1, 0.15) is 78.9 Å². The molecule has 1 heterocycles. The quantitative estimate of drug-likeness (QED) is 0.460. The molecule has 1 atom stereocenters. The summed E-state index contributed by atoms with van der Waals surface area (Å²) >= 11 is 0. The van der Waals surface area contributed by atoms with Crippen molar-refractivity contribution in [2.45, 2.75) is 76.3 Å². The van der Waals surface area contributed by atoms with Crippen molar-refractivity contribution in [2.75, 3.05) is 0 Å². The topological polar surface area (TPSA) is 67.3 Å². The highest BCUT2D eigenvalue weighted by Gasteiger charge is 2.31. The number of carboxylic acids is 1. The lowest BCUT2D eigenvalue weighted by Gasteiger charge is -2.17. The van der Waals surface area contributed by atoms with Crippen LogP contribution >= 0.6 is 0 Å². The first kappa shape index (κ1) is 24.0. The molecule has 0 aliphatic heterocycles. The maximum absolute atomic E-state index is 13.0. The van der Waals surface area contributed by atoms with Crippen molar-refractivity contribution >= 4 is 11.8 Å². The Morgan fingerprint density at radius 2 is 1.81 bits per heavy atom. The predicted molar refractivity (Wildman–Crippen MR) is 114 cm³/mol. The van der Waals surface area contributed by atoms with Crippen LogP contribution in [0.15, 0.2) is 36.4 Å². The summed E-state index contributed by atoms with van der Waals surface area (Å²) in [7, 11) is 0. The first-order valence-electron chi connectivity index (χ1n) is 11.1. The summed E-state index contributed by atoms with van der Waals surface area (Å²) in [6.07, 6.45) is 1.97. The van der Waals surface area contributed by atoms with E-state index in [4.69, 9.17) is 4.98 Å². The Hall–Kier alpha value is -2.70. The van der Waals surface area contributed by atoms with Gasteiger partial charge in [-0.25, -0.2) is 0 Å². The summed E-state index contributed by atoms with van der Waals surface area (Å²) in [5.74, 6) is -2.05. The van der Waals surface area contributed by atoms with E-state index in [9.17, 15) is 27.9 Å². The van der Waals surface area contributed by atoms with E-state index in [2.05, 4.69) is 6.07 Å². The van der Waals surface area contributed by atoms with Crippen LogP contribution in [0, 0.1) is 0 Å². The molecule has 0 fully saturated rings. The zero-order chi connectivity index (χ0) is 23.1. The predicted octanol–water partition coefficient (Wildman–Crippen LogP) is 5.91. The van der Waals surface area contributed by atoms with Crippen molar-refractivity contribution in [3.8, 4) is 0 Å². The van der Waals surface area contributed by atoms with Gasteiger partial charge >= 0.3 is 12.1 Å².